The first-order valence-electron chi connectivity index (χ1n) is 6.02. The molecule has 3 rings (SSSR count). The molecule has 0 aliphatic carbocycles. The lowest BCUT2D eigenvalue weighted by Crippen LogP contribution is -2.56. The largest absolute Gasteiger partial charge is 0.506 e. The van der Waals surface area contributed by atoms with Gasteiger partial charge in [0, 0.05) is 0 Å². The summed E-state index contributed by atoms with van der Waals surface area (Å²) in [5.74, 6) is 0.846. The highest BCUT2D eigenvalue weighted by Gasteiger charge is 2.37. The minimum Gasteiger partial charge on any atom is -0.506 e. The third kappa shape index (κ3) is 2.01. The zero-order chi connectivity index (χ0) is 13.6. The van der Waals surface area contributed by atoms with Crippen molar-refractivity contribution in [3.63, 3.8) is 0 Å². The van der Waals surface area contributed by atoms with Gasteiger partial charge >= 0.3 is 0 Å². The van der Waals surface area contributed by atoms with E-state index >= 15 is 0 Å². The van der Waals surface area contributed by atoms with Crippen molar-refractivity contribution in [2.75, 3.05) is 24.7 Å². The lowest BCUT2D eigenvalue weighted by atomic mass is 10.1. The molecule has 2 aliphatic heterocycles. The Kier molecular flexibility index (Phi) is 2.99. The highest BCUT2D eigenvalue weighted by molar-refractivity contribution is 6.28. The Balaban J connectivity index is 2.13. The van der Waals surface area contributed by atoms with Crippen molar-refractivity contribution in [3.8, 4) is 5.75 Å². The van der Waals surface area contributed by atoms with Crippen molar-refractivity contribution < 1.29 is 14.6 Å². The Morgan fingerprint density at radius 2 is 2.21 bits per heavy atom. The molecule has 1 aromatic rings. The summed E-state index contributed by atoms with van der Waals surface area (Å²) in [6.45, 7) is 7.19. The molecule has 0 spiro atoms. The highest BCUT2D eigenvalue weighted by Crippen LogP contribution is 2.39. The van der Waals surface area contributed by atoms with Gasteiger partial charge in [-0.2, -0.15) is 4.98 Å². The number of fused-ring (bicyclic) bond motifs is 3. The number of aromatic nitrogens is 2. The number of aliphatic hydroxyl groups is 1. The van der Waals surface area contributed by atoms with Crippen molar-refractivity contribution >= 4 is 23.2 Å². The minimum atomic E-state index is -0.181. The number of aliphatic hydroxyl groups excluding tert-OH is 1. The van der Waals surface area contributed by atoms with E-state index in [1.165, 1.54) is 0 Å². The second kappa shape index (κ2) is 4.54. The van der Waals surface area contributed by atoms with Gasteiger partial charge in [-0.05, 0) is 18.5 Å². The molecule has 0 radical (unpaired) electrons. The lowest BCUT2D eigenvalue weighted by Gasteiger charge is -2.44. The van der Waals surface area contributed by atoms with Crippen LogP contribution in [-0.4, -0.2) is 47.0 Å². The quantitative estimate of drug-likeness (QED) is 0.624. The lowest BCUT2D eigenvalue weighted by molar-refractivity contribution is 0.0485. The molecule has 1 N–H and O–H groups in total. The first-order valence-corrected chi connectivity index (χ1v) is 6.40. The first kappa shape index (κ1) is 12.5. The van der Waals surface area contributed by atoms with Crippen LogP contribution in [0.25, 0.3) is 5.76 Å². The predicted molar refractivity (Wildman–Crippen MR) is 70.7 cm³/mol. The maximum Gasteiger partial charge on any atom is 0.225 e. The summed E-state index contributed by atoms with van der Waals surface area (Å²) in [6, 6.07) is 0.259. The molecule has 3 heterocycles. The summed E-state index contributed by atoms with van der Waals surface area (Å²) in [6.07, 6.45) is 0. The van der Waals surface area contributed by atoms with E-state index in [0.717, 1.165) is 0 Å². The van der Waals surface area contributed by atoms with Crippen LogP contribution in [0.15, 0.2) is 6.58 Å². The number of halogens is 1. The number of anilines is 1. The summed E-state index contributed by atoms with van der Waals surface area (Å²) < 4.78 is 11.2. The normalized spacial score (nSPS) is 25.3. The molecule has 1 aromatic heterocycles. The fourth-order valence-electron chi connectivity index (χ4n) is 2.50. The van der Waals surface area contributed by atoms with E-state index < -0.39 is 0 Å². The van der Waals surface area contributed by atoms with Crippen molar-refractivity contribution in [2.45, 2.75) is 19.0 Å². The Hall–Kier alpha value is -1.53. The SMILES string of the molecule is C=C(O)c1nc(Cl)nc2c1OCC1COC[C@@H](C)N21. The van der Waals surface area contributed by atoms with Gasteiger partial charge < -0.3 is 19.5 Å². The fraction of sp³-hybridized carbons (Fsp3) is 0.500. The van der Waals surface area contributed by atoms with Crippen LogP contribution < -0.4 is 9.64 Å². The molecule has 7 heteroatoms. The topological polar surface area (TPSA) is 67.7 Å². The number of rotatable bonds is 1. The standard InChI is InChI=1S/C12H14ClN3O3/c1-6-3-18-4-8-5-19-10-9(7(2)17)14-12(13)15-11(10)16(6)8/h6,8,17H,2-5H2,1H3/t6-,8?/m1/s1. The highest BCUT2D eigenvalue weighted by atomic mass is 35.5. The van der Waals surface area contributed by atoms with Gasteiger partial charge in [0.1, 0.15) is 12.4 Å². The summed E-state index contributed by atoms with van der Waals surface area (Å²) in [5, 5.41) is 9.66. The maximum absolute atomic E-state index is 9.60. The van der Waals surface area contributed by atoms with Gasteiger partial charge in [-0.25, -0.2) is 4.98 Å². The summed E-state index contributed by atoms with van der Waals surface area (Å²) in [5.41, 5.74) is 0.243. The molecule has 1 fully saturated rings. The van der Waals surface area contributed by atoms with Crippen LogP contribution in [0.3, 0.4) is 0 Å². The second-order valence-corrected chi connectivity index (χ2v) is 5.04. The average Bonchev–Trinajstić information content (AvgIpc) is 2.37. The van der Waals surface area contributed by atoms with Gasteiger partial charge in [0.2, 0.25) is 5.28 Å². The molecule has 2 aliphatic rings. The summed E-state index contributed by atoms with van der Waals surface area (Å²) in [7, 11) is 0. The Morgan fingerprint density at radius 3 is 2.95 bits per heavy atom. The molecule has 1 saturated heterocycles. The van der Waals surface area contributed by atoms with Gasteiger partial charge in [0.05, 0.1) is 25.3 Å². The van der Waals surface area contributed by atoms with Crippen LogP contribution in [0.1, 0.15) is 12.6 Å². The number of hydrogen-bond donors (Lipinski definition) is 1. The van der Waals surface area contributed by atoms with Gasteiger partial charge in [-0.3, -0.25) is 0 Å². The van der Waals surface area contributed by atoms with Crippen LogP contribution in [0, 0.1) is 0 Å². The van der Waals surface area contributed by atoms with Gasteiger partial charge in [0.25, 0.3) is 0 Å². The van der Waals surface area contributed by atoms with E-state index in [1.807, 2.05) is 6.92 Å². The van der Waals surface area contributed by atoms with Crippen molar-refractivity contribution in [2.24, 2.45) is 0 Å². The zero-order valence-corrected chi connectivity index (χ0v) is 11.2. The molecule has 0 aromatic carbocycles. The van der Waals surface area contributed by atoms with Crippen LogP contribution in [-0.2, 0) is 4.74 Å². The van der Waals surface area contributed by atoms with E-state index in [2.05, 4.69) is 21.4 Å². The zero-order valence-electron chi connectivity index (χ0n) is 10.5. The second-order valence-electron chi connectivity index (χ2n) is 4.70. The van der Waals surface area contributed by atoms with E-state index in [-0.39, 0.29) is 28.8 Å². The van der Waals surface area contributed by atoms with E-state index in [4.69, 9.17) is 21.1 Å². The van der Waals surface area contributed by atoms with Crippen LogP contribution in [0.5, 0.6) is 5.75 Å². The van der Waals surface area contributed by atoms with Crippen LogP contribution in [0.4, 0.5) is 5.82 Å². The fourth-order valence-corrected chi connectivity index (χ4v) is 2.66. The predicted octanol–water partition coefficient (Wildman–Crippen LogP) is 1.64. The van der Waals surface area contributed by atoms with E-state index in [0.29, 0.717) is 31.4 Å². The molecule has 102 valence electrons. The molecular weight excluding hydrogens is 270 g/mol. The monoisotopic (exact) mass is 283 g/mol. The van der Waals surface area contributed by atoms with Crippen molar-refractivity contribution in [3.05, 3.63) is 17.6 Å². The van der Waals surface area contributed by atoms with Crippen LogP contribution in [0.2, 0.25) is 5.28 Å². The smallest absolute Gasteiger partial charge is 0.225 e. The Morgan fingerprint density at radius 1 is 1.42 bits per heavy atom. The molecule has 19 heavy (non-hydrogen) atoms. The summed E-state index contributed by atoms with van der Waals surface area (Å²) >= 11 is 5.92. The van der Waals surface area contributed by atoms with E-state index in [1.54, 1.807) is 0 Å². The van der Waals surface area contributed by atoms with E-state index in [9.17, 15) is 5.11 Å². The molecule has 0 bridgehead atoms. The number of nitrogens with zero attached hydrogens (tertiary/aromatic N) is 3. The summed E-state index contributed by atoms with van der Waals surface area (Å²) in [4.78, 5) is 10.3. The molecule has 0 amide bonds. The molecule has 2 atom stereocenters. The number of morpholine rings is 1. The Bertz CT molecular complexity index is 537. The average molecular weight is 284 g/mol. The Labute approximate surface area is 115 Å². The third-order valence-corrected chi connectivity index (χ3v) is 3.46. The molecule has 6 nitrogen and oxygen atoms in total. The maximum atomic E-state index is 9.60. The van der Waals surface area contributed by atoms with Gasteiger partial charge in [0.15, 0.2) is 17.3 Å². The van der Waals surface area contributed by atoms with Crippen molar-refractivity contribution in [1.82, 2.24) is 9.97 Å². The van der Waals surface area contributed by atoms with Crippen molar-refractivity contribution in [1.29, 1.82) is 0 Å². The van der Waals surface area contributed by atoms with Gasteiger partial charge in [-0.1, -0.05) is 6.58 Å². The number of hydrogen-bond acceptors (Lipinski definition) is 6. The molecule has 0 saturated carbocycles. The number of ether oxygens (including phenoxy) is 2. The molecule has 1 unspecified atom stereocenters. The minimum absolute atomic E-state index is 0.0619. The first-order chi connectivity index (χ1) is 9.08. The van der Waals surface area contributed by atoms with Crippen LogP contribution >= 0.6 is 11.6 Å². The van der Waals surface area contributed by atoms with Gasteiger partial charge in [-0.15, -0.1) is 0 Å². The third-order valence-electron chi connectivity index (χ3n) is 3.30. The molecular formula is C12H14ClN3O3.